The lowest BCUT2D eigenvalue weighted by molar-refractivity contribution is -0.144. The van der Waals surface area contributed by atoms with Gasteiger partial charge < -0.3 is 19.3 Å². The van der Waals surface area contributed by atoms with Gasteiger partial charge in [-0.1, -0.05) is 59.8 Å². The Labute approximate surface area is 182 Å². The molecule has 2 rings (SSSR count). The minimum atomic E-state index is -0.531. The molecule has 1 aromatic rings. The van der Waals surface area contributed by atoms with Gasteiger partial charge >= 0.3 is 5.97 Å². The molecule has 28 heavy (non-hydrogen) atoms. The highest BCUT2D eigenvalue weighted by Crippen LogP contribution is 2.36. The van der Waals surface area contributed by atoms with E-state index in [0.717, 1.165) is 24.8 Å². The molecule has 0 aromatic heterocycles. The van der Waals surface area contributed by atoms with Crippen molar-refractivity contribution in [3.8, 4) is 0 Å². The van der Waals surface area contributed by atoms with Crippen LogP contribution in [0, 0.1) is 5.92 Å². The van der Waals surface area contributed by atoms with Gasteiger partial charge in [0.1, 0.15) is 0 Å². The number of carbonyl (C=O) groups is 1. The zero-order chi connectivity index (χ0) is 20.4. The van der Waals surface area contributed by atoms with E-state index >= 15 is 0 Å². The number of rotatable bonds is 11. The van der Waals surface area contributed by atoms with Crippen molar-refractivity contribution in [1.82, 2.24) is 0 Å². The van der Waals surface area contributed by atoms with Crippen LogP contribution in [0.15, 0.2) is 30.3 Å². The van der Waals surface area contributed by atoms with Crippen molar-refractivity contribution in [3.05, 3.63) is 35.9 Å². The SMILES string of the molecule is CCCOC1C(I)CC(C(O)CCC(=O)OCC)CC1OCc1ccccc1. The van der Waals surface area contributed by atoms with Gasteiger partial charge in [0.25, 0.3) is 0 Å². The van der Waals surface area contributed by atoms with E-state index in [1.54, 1.807) is 6.92 Å². The molecule has 5 unspecified atom stereocenters. The Bertz CT molecular complexity index is 567. The molecule has 0 bridgehead atoms. The van der Waals surface area contributed by atoms with E-state index in [-0.39, 0.29) is 34.4 Å². The first-order valence-electron chi connectivity index (χ1n) is 10.3. The molecular formula is C22H33IO5. The molecule has 1 aromatic carbocycles. The molecule has 0 radical (unpaired) electrons. The average molecular weight is 504 g/mol. The molecule has 6 heteroatoms. The lowest BCUT2D eigenvalue weighted by Crippen LogP contribution is -2.47. The van der Waals surface area contributed by atoms with Crippen LogP contribution in [-0.4, -0.2) is 46.5 Å². The van der Waals surface area contributed by atoms with E-state index in [1.165, 1.54) is 0 Å². The summed E-state index contributed by atoms with van der Waals surface area (Å²) in [7, 11) is 0. The van der Waals surface area contributed by atoms with Gasteiger partial charge in [-0.15, -0.1) is 0 Å². The number of alkyl halides is 1. The van der Waals surface area contributed by atoms with E-state index < -0.39 is 6.10 Å². The van der Waals surface area contributed by atoms with Gasteiger partial charge in [-0.05, 0) is 44.1 Å². The quantitative estimate of drug-likeness (QED) is 0.277. The Hall–Kier alpha value is -0.700. The van der Waals surface area contributed by atoms with Gasteiger partial charge in [-0.3, -0.25) is 4.79 Å². The summed E-state index contributed by atoms with van der Waals surface area (Å²) in [5, 5.41) is 10.7. The Morgan fingerprint density at radius 2 is 1.96 bits per heavy atom. The zero-order valence-electron chi connectivity index (χ0n) is 16.9. The highest BCUT2D eigenvalue weighted by molar-refractivity contribution is 14.1. The van der Waals surface area contributed by atoms with Crippen LogP contribution in [-0.2, 0) is 25.6 Å². The molecule has 5 atom stereocenters. The maximum atomic E-state index is 11.6. The molecule has 1 saturated carbocycles. The number of esters is 1. The second-order valence-corrected chi connectivity index (χ2v) is 8.93. The largest absolute Gasteiger partial charge is 0.466 e. The van der Waals surface area contributed by atoms with E-state index in [4.69, 9.17) is 14.2 Å². The second kappa shape index (κ2) is 12.8. The summed E-state index contributed by atoms with van der Waals surface area (Å²) in [6.45, 7) is 5.52. The predicted octanol–water partition coefficient (Wildman–Crippen LogP) is 4.28. The van der Waals surface area contributed by atoms with Crippen molar-refractivity contribution in [3.63, 3.8) is 0 Å². The monoisotopic (exact) mass is 504 g/mol. The van der Waals surface area contributed by atoms with Crippen LogP contribution < -0.4 is 0 Å². The summed E-state index contributed by atoms with van der Waals surface area (Å²) in [5.74, 6) is -0.150. The van der Waals surface area contributed by atoms with Crippen LogP contribution in [0.3, 0.4) is 0 Å². The van der Waals surface area contributed by atoms with Crippen molar-refractivity contribution in [2.24, 2.45) is 5.92 Å². The Morgan fingerprint density at radius 1 is 1.21 bits per heavy atom. The smallest absolute Gasteiger partial charge is 0.305 e. The van der Waals surface area contributed by atoms with Crippen LogP contribution in [0.1, 0.15) is 51.5 Å². The van der Waals surface area contributed by atoms with Gasteiger partial charge in [0.05, 0.1) is 31.5 Å². The molecule has 158 valence electrons. The fourth-order valence-corrected chi connectivity index (χ4v) is 4.96. The number of halogens is 1. The van der Waals surface area contributed by atoms with Crippen molar-refractivity contribution >= 4 is 28.6 Å². The number of ether oxygens (including phenoxy) is 3. The molecule has 0 spiro atoms. The number of benzene rings is 1. The lowest BCUT2D eigenvalue weighted by Gasteiger charge is -2.41. The molecule has 5 nitrogen and oxygen atoms in total. The third kappa shape index (κ3) is 7.61. The highest BCUT2D eigenvalue weighted by atomic mass is 127. The minimum absolute atomic E-state index is 0.0257. The summed E-state index contributed by atoms with van der Waals surface area (Å²) < 4.78 is 17.6. The Kier molecular flexibility index (Phi) is 10.8. The number of aliphatic hydroxyl groups is 1. The summed E-state index contributed by atoms with van der Waals surface area (Å²) in [6, 6.07) is 10.1. The second-order valence-electron chi connectivity index (χ2n) is 7.33. The Balaban J connectivity index is 1.96. The zero-order valence-corrected chi connectivity index (χ0v) is 19.0. The van der Waals surface area contributed by atoms with Crippen LogP contribution in [0.25, 0.3) is 0 Å². The van der Waals surface area contributed by atoms with Gasteiger partial charge in [0.15, 0.2) is 0 Å². The van der Waals surface area contributed by atoms with Crippen molar-refractivity contribution in [2.75, 3.05) is 13.2 Å². The maximum Gasteiger partial charge on any atom is 0.305 e. The third-order valence-electron chi connectivity index (χ3n) is 5.10. The van der Waals surface area contributed by atoms with E-state index in [9.17, 15) is 9.90 Å². The predicted molar refractivity (Wildman–Crippen MR) is 117 cm³/mol. The lowest BCUT2D eigenvalue weighted by atomic mass is 9.80. The Morgan fingerprint density at radius 3 is 2.64 bits per heavy atom. The average Bonchev–Trinajstić information content (AvgIpc) is 2.70. The van der Waals surface area contributed by atoms with Crippen LogP contribution in [0.5, 0.6) is 0 Å². The van der Waals surface area contributed by atoms with E-state index in [2.05, 4.69) is 41.6 Å². The van der Waals surface area contributed by atoms with Crippen LogP contribution >= 0.6 is 22.6 Å². The van der Waals surface area contributed by atoms with Gasteiger partial charge in [0.2, 0.25) is 0 Å². The molecule has 1 fully saturated rings. The molecule has 1 aliphatic carbocycles. The number of hydrogen-bond acceptors (Lipinski definition) is 5. The molecule has 0 amide bonds. The summed E-state index contributed by atoms with van der Waals surface area (Å²) in [4.78, 5) is 11.6. The minimum Gasteiger partial charge on any atom is -0.466 e. The summed E-state index contributed by atoms with van der Waals surface area (Å²) >= 11 is 2.42. The van der Waals surface area contributed by atoms with Crippen molar-refractivity contribution in [1.29, 1.82) is 0 Å². The number of hydrogen-bond donors (Lipinski definition) is 1. The molecule has 0 aliphatic heterocycles. The summed E-state index contributed by atoms with van der Waals surface area (Å²) in [6.07, 6.45) is 2.69. The van der Waals surface area contributed by atoms with Crippen molar-refractivity contribution < 1.29 is 24.1 Å². The normalized spacial score (nSPS) is 26.0. The van der Waals surface area contributed by atoms with Gasteiger partial charge in [-0.2, -0.15) is 0 Å². The van der Waals surface area contributed by atoms with Crippen LogP contribution in [0.2, 0.25) is 0 Å². The van der Waals surface area contributed by atoms with E-state index in [1.807, 2.05) is 18.2 Å². The summed E-state index contributed by atoms with van der Waals surface area (Å²) in [5.41, 5.74) is 1.13. The third-order valence-corrected chi connectivity index (χ3v) is 6.32. The number of aliphatic hydroxyl groups excluding tert-OH is 1. The topological polar surface area (TPSA) is 65.0 Å². The molecular weight excluding hydrogens is 471 g/mol. The number of carbonyl (C=O) groups excluding carboxylic acids is 1. The van der Waals surface area contributed by atoms with E-state index in [0.29, 0.717) is 26.2 Å². The first-order valence-corrected chi connectivity index (χ1v) is 11.5. The first-order chi connectivity index (χ1) is 13.5. The molecule has 1 aliphatic rings. The maximum absolute atomic E-state index is 11.6. The standard InChI is InChI=1S/C22H33IO5/c1-3-12-27-22-18(23)13-17(19(24)10-11-21(25)26-4-2)14-20(22)28-15-16-8-6-5-7-9-16/h5-9,17-20,22,24H,3-4,10-15H2,1-2H3. The molecule has 0 saturated heterocycles. The van der Waals surface area contributed by atoms with Gasteiger partial charge in [0, 0.05) is 17.0 Å². The van der Waals surface area contributed by atoms with Crippen molar-refractivity contribution in [2.45, 2.75) is 74.8 Å². The highest BCUT2D eigenvalue weighted by Gasteiger charge is 2.40. The van der Waals surface area contributed by atoms with Crippen LogP contribution in [0.4, 0.5) is 0 Å². The molecule has 1 N–H and O–H groups in total. The fraction of sp³-hybridized carbons (Fsp3) is 0.682. The van der Waals surface area contributed by atoms with Gasteiger partial charge in [-0.25, -0.2) is 0 Å². The molecule has 0 heterocycles. The first kappa shape index (κ1) is 23.6. The fourth-order valence-electron chi connectivity index (χ4n) is 3.64.